The number of carbonyl (C=O) groups excluding carboxylic acids is 1. The van der Waals surface area contributed by atoms with Gasteiger partial charge in [-0.15, -0.1) is 0 Å². The van der Waals surface area contributed by atoms with Crippen LogP contribution in [0.1, 0.15) is 41.5 Å². The molecule has 2 aromatic heterocycles. The van der Waals surface area contributed by atoms with E-state index in [1.807, 2.05) is 26.0 Å². The van der Waals surface area contributed by atoms with Gasteiger partial charge in [-0.2, -0.15) is 5.10 Å². The van der Waals surface area contributed by atoms with E-state index in [1.165, 1.54) is 12.1 Å². The third kappa shape index (κ3) is 3.62. The molecule has 3 aromatic rings. The third-order valence-corrected chi connectivity index (χ3v) is 4.97. The maximum Gasteiger partial charge on any atom is 0.323 e. The molecule has 1 fully saturated rings. The maximum atomic E-state index is 13.5. The molecule has 2 amide bonds. The van der Waals surface area contributed by atoms with Gasteiger partial charge in [0.25, 0.3) is 0 Å². The second kappa shape index (κ2) is 7.46. The minimum atomic E-state index is -0.297. The number of benzene rings is 1. The van der Waals surface area contributed by atoms with E-state index < -0.39 is 0 Å². The fourth-order valence-corrected chi connectivity index (χ4v) is 3.60. The van der Waals surface area contributed by atoms with Gasteiger partial charge in [-0.1, -0.05) is 17.3 Å². The van der Waals surface area contributed by atoms with Gasteiger partial charge in [0.05, 0.1) is 18.8 Å². The van der Waals surface area contributed by atoms with Crippen LogP contribution in [-0.2, 0) is 6.54 Å². The van der Waals surface area contributed by atoms with Crippen molar-refractivity contribution in [3.63, 3.8) is 0 Å². The summed E-state index contributed by atoms with van der Waals surface area (Å²) in [7, 11) is 0. The largest absolute Gasteiger partial charge is 0.361 e. The molecule has 0 bridgehead atoms. The highest BCUT2D eigenvalue weighted by Gasteiger charge is 2.32. The van der Waals surface area contributed by atoms with E-state index in [2.05, 4.69) is 15.6 Å². The number of amides is 2. The summed E-state index contributed by atoms with van der Waals surface area (Å²) in [6, 6.07) is 7.93. The lowest BCUT2D eigenvalue weighted by molar-refractivity contribution is 0.204. The van der Waals surface area contributed by atoms with E-state index in [-0.39, 0.29) is 17.9 Å². The number of hydrogen-bond donors (Lipinski definition) is 1. The monoisotopic (exact) mass is 383 g/mol. The van der Waals surface area contributed by atoms with E-state index in [0.717, 1.165) is 35.4 Å². The summed E-state index contributed by atoms with van der Waals surface area (Å²) in [6.45, 7) is 4.74. The van der Waals surface area contributed by atoms with E-state index in [0.29, 0.717) is 18.9 Å². The van der Waals surface area contributed by atoms with Crippen molar-refractivity contribution in [1.82, 2.24) is 19.8 Å². The summed E-state index contributed by atoms with van der Waals surface area (Å²) < 4.78 is 20.3. The van der Waals surface area contributed by atoms with Crippen LogP contribution in [0.15, 0.2) is 41.1 Å². The molecular weight excluding hydrogens is 361 g/mol. The molecule has 0 spiro atoms. The van der Waals surface area contributed by atoms with E-state index in [1.54, 1.807) is 21.8 Å². The van der Waals surface area contributed by atoms with Gasteiger partial charge in [0.2, 0.25) is 0 Å². The van der Waals surface area contributed by atoms with Crippen LogP contribution in [0.5, 0.6) is 0 Å². The average molecular weight is 383 g/mol. The van der Waals surface area contributed by atoms with Gasteiger partial charge in [0, 0.05) is 18.2 Å². The zero-order valence-corrected chi connectivity index (χ0v) is 15.9. The number of aryl methyl sites for hydroxylation is 2. The number of carbonyl (C=O) groups is 1. The van der Waals surface area contributed by atoms with Crippen LogP contribution >= 0.6 is 0 Å². The summed E-state index contributed by atoms with van der Waals surface area (Å²) in [5.41, 5.74) is 2.39. The Morgan fingerprint density at radius 2 is 2.21 bits per heavy atom. The molecule has 1 aliphatic rings. The minimum Gasteiger partial charge on any atom is -0.361 e. The molecule has 8 heteroatoms. The highest BCUT2D eigenvalue weighted by molar-refractivity contribution is 5.89. The molecule has 1 aliphatic heterocycles. The smallest absolute Gasteiger partial charge is 0.323 e. The molecule has 0 aliphatic carbocycles. The normalized spacial score (nSPS) is 16.5. The van der Waals surface area contributed by atoms with Gasteiger partial charge < -0.3 is 9.42 Å². The lowest BCUT2D eigenvalue weighted by atomic mass is 10.1. The Hall–Kier alpha value is -3.16. The van der Waals surface area contributed by atoms with Crippen LogP contribution in [0.3, 0.4) is 0 Å². The highest BCUT2D eigenvalue weighted by Crippen LogP contribution is 2.32. The fourth-order valence-electron chi connectivity index (χ4n) is 3.60. The van der Waals surface area contributed by atoms with Gasteiger partial charge in [-0.05, 0) is 44.4 Å². The summed E-state index contributed by atoms with van der Waals surface area (Å²) >= 11 is 0. The van der Waals surface area contributed by atoms with E-state index >= 15 is 0 Å². The van der Waals surface area contributed by atoms with E-state index in [4.69, 9.17) is 4.52 Å². The number of halogens is 1. The van der Waals surface area contributed by atoms with Crippen LogP contribution in [0.4, 0.5) is 15.0 Å². The van der Waals surface area contributed by atoms with Crippen molar-refractivity contribution in [2.24, 2.45) is 0 Å². The zero-order valence-electron chi connectivity index (χ0n) is 15.9. The molecule has 0 saturated carbocycles. The molecular formula is C20H22FN5O2. The molecule has 7 nitrogen and oxygen atoms in total. The molecule has 1 aromatic carbocycles. The molecule has 146 valence electrons. The SMILES string of the molecule is Cc1cc(C2CCCN2C(=O)Nc2c(C)cnn2Cc2cccc(F)c2)no1. The fraction of sp³-hybridized carbons (Fsp3) is 0.350. The van der Waals surface area contributed by atoms with Gasteiger partial charge in [0.15, 0.2) is 0 Å². The number of aromatic nitrogens is 3. The van der Waals surface area contributed by atoms with Crippen LogP contribution in [0.2, 0.25) is 0 Å². The number of rotatable bonds is 4. The summed E-state index contributed by atoms with van der Waals surface area (Å²) in [4.78, 5) is 14.7. The van der Waals surface area contributed by atoms with Crippen molar-refractivity contribution >= 4 is 11.8 Å². The Morgan fingerprint density at radius 1 is 1.36 bits per heavy atom. The number of nitrogens with zero attached hydrogens (tertiary/aromatic N) is 4. The average Bonchev–Trinajstić information content (AvgIpc) is 3.38. The summed E-state index contributed by atoms with van der Waals surface area (Å²) in [6.07, 6.45) is 3.45. The van der Waals surface area contributed by atoms with Gasteiger partial charge in [0.1, 0.15) is 23.1 Å². The standard InChI is InChI=1S/C20H22FN5O2/c1-13-11-22-26(12-15-5-3-6-16(21)10-15)19(13)23-20(27)25-8-4-7-18(25)17-9-14(2)28-24-17/h3,5-6,9-11,18H,4,7-8,12H2,1-2H3,(H,23,27). The first-order valence-electron chi connectivity index (χ1n) is 9.29. The Balaban J connectivity index is 1.52. The maximum absolute atomic E-state index is 13.5. The predicted octanol–water partition coefficient (Wildman–Crippen LogP) is 4.04. The quantitative estimate of drug-likeness (QED) is 0.738. The van der Waals surface area contributed by atoms with Crippen LogP contribution < -0.4 is 5.32 Å². The van der Waals surface area contributed by atoms with Crippen molar-refractivity contribution in [3.8, 4) is 0 Å². The number of nitrogens with one attached hydrogen (secondary N) is 1. The Labute approximate surface area is 162 Å². The molecule has 0 radical (unpaired) electrons. The van der Waals surface area contributed by atoms with Gasteiger partial charge in [-0.25, -0.2) is 13.9 Å². The molecule has 3 heterocycles. The molecule has 1 N–H and O–H groups in total. The Bertz CT molecular complexity index is 996. The number of anilines is 1. The second-order valence-corrected chi connectivity index (χ2v) is 7.11. The van der Waals surface area contributed by atoms with Gasteiger partial charge in [-0.3, -0.25) is 5.32 Å². The summed E-state index contributed by atoms with van der Waals surface area (Å²) in [5, 5.41) is 11.4. The Kier molecular flexibility index (Phi) is 4.85. The van der Waals surface area contributed by atoms with Crippen molar-refractivity contribution in [2.45, 2.75) is 39.3 Å². The predicted molar refractivity (Wildman–Crippen MR) is 101 cm³/mol. The number of urea groups is 1. The Morgan fingerprint density at radius 3 is 2.96 bits per heavy atom. The number of hydrogen-bond acceptors (Lipinski definition) is 4. The van der Waals surface area contributed by atoms with Crippen molar-refractivity contribution < 1.29 is 13.7 Å². The first kappa shape index (κ1) is 18.2. The molecule has 1 unspecified atom stereocenters. The molecule has 28 heavy (non-hydrogen) atoms. The van der Waals surface area contributed by atoms with E-state index in [9.17, 15) is 9.18 Å². The lowest BCUT2D eigenvalue weighted by Crippen LogP contribution is -2.35. The first-order chi connectivity index (χ1) is 13.5. The van der Waals surface area contributed by atoms with Crippen molar-refractivity contribution in [2.75, 3.05) is 11.9 Å². The zero-order chi connectivity index (χ0) is 19.7. The van der Waals surface area contributed by atoms with Crippen LogP contribution in [0, 0.1) is 19.7 Å². The first-order valence-corrected chi connectivity index (χ1v) is 9.29. The second-order valence-electron chi connectivity index (χ2n) is 7.11. The number of likely N-dealkylation sites (tertiary alicyclic amines) is 1. The van der Waals surface area contributed by atoms with Crippen molar-refractivity contribution in [1.29, 1.82) is 0 Å². The van der Waals surface area contributed by atoms with Crippen LogP contribution in [0.25, 0.3) is 0 Å². The topological polar surface area (TPSA) is 76.2 Å². The van der Waals surface area contributed by atoms with Crippen molar-refractivity contribution in [3.05, 3.63) is 64.9 Å². The summed E-state index contributed by atoms with van der Waals surface area (Å²) in [5.74, 6) is 1.04. The minimum absolute atomic E-state index is 0.0997. The van der Waals surface area contributed by atoms with Crippen LogP contribution in [-0.4, -0.2) is 32.4 Å². The molecule has 1 atom stereocenters. The molecule has 1 saturated heterocycles. The third-order valence-electron chi connectivity index (χ3n) is 4.97. The lowest BCUT2D eigenvalue weighted by Gasteiger charge is -2.23. The van der Waals surface area contributed by atoms with Gasteiger partial charge >= 0.3 is 6.03 Å². The highest BCUT2D eigenvalue weighted by atomic mass is 19.1. The molecule has 4 rings (SSSR count).